The molecule has 31 heavy (non-hydrogen) atoms. The molecule has 0 spiro atoms. The summed E-state index contributed by atoms with van der Waals surface area (Å²) < 4.78 is 5.42. The van der Waals surface area contributed by atoms with Crippen LogP contribution in [0.1, 0.15) is 6.92 Å². The van der Waals surface area contributed by atoms with Crippen LogP contribution in [0.4, 0.5) is 22.9 Å². The molecule has 158 valence electrons. The average Bonchev–Trinajstić information content (AvgIpc) is 2.81. The molecule has 1 amide bonds. The van der Waals surface area contributed by atoms with Crippen LogP contribution in [0, 0.1) is 0 Å². The smallest absolute Gasteiger partial charge is 0.248 e. The predicted octanol–water partition coefficient (Wildman–Crippen LogP) is 4.24. The molecule has 0 unspecified atom stereocenters. The third kappa shape index (κ3) is 5.46. The molecule has 0 bridgehead atoms. The Balaban J connectivity index is 1.43. The number of nitrogens with one attached hydrogen (secondary N) is 2. The molecule has 0 atom stereocenters. The number of hydrogen-bond acceptors (Lipinski definition) is 6. The molecule has 1 fully saturated rings. The number of morpholine rings is 1. The molecule has 4 rings (SSSR count). The van der Waals surface area contributed by atoms with E-state index in [0.29, 0.717) is 0 Å². The third-order valence-corrected chi connectivity index (χ3v) is 4.95. The minimum absolute atomic E-state index is 0.150. The molecule has 0 saturated carbocycles. The van der Waals surface area contributed by atoms with Gasteiger partial charge in [0.15, 0.2) is 0 Å². The van der Waals surface area contributed by atoms with Crippen molar-refractivity contribution in [3.8, 4) is 11.3 Å². The van der Waals surface area contributed by atoms with E-state index in [4.69, 9.17) is 4.74 Å². The highest BCUT2D eigenvalue weighted by atomic mass is 16.5. The number of rotatable bonds is 6. The zero-order valence-electron chi connectivity index (χ0n) is 17.4. The van der Waals surface area contributed by atoms with Gasteiger partial charge in [-0.25, -0.2) is 9.97 Å². The van der Waals surface area contributed by atoms with Gasteiger partial charge >= 0.3 is 0 Å². The number of carbonyl (C=O) groups excluding carboxylic acids is 1. The van der Waals surface area contributed by atoms with Gasteiger partial charge in [0.2, 0.25) is 5.91 Å². The van der Waals surface area contributed by atoms with Crippen molar-refractivity contribution >= 4 is 28.8 Å². The Hall–Kier alpha value is -3.71. The van der Waals surface area contributed by atoms with E-state index in [2.05, 4.69) is 49.8 Å². The largest absolute Gasteiger partial charge is 0.378 e. The van der Waals surface area contributed by atoms with Gasteiger partial charge in [-0.1, -0.05) is 18.2 Å². The van der Waals surface area contributed by atoms with Crippen LogP contribution in [0.5, 0.6) is 0 Å². The summed E-state index contributed by atoms with van der Waals surface area (Å²) in [6, 6.07) is 17.8. The van der Waals surface area contributed by atoms with Crippen molar-refractivity contribution in [3.05, 3.63) is 73.1 Å². The Morgan fingerprint density at radius 2 is 1.71 bits per heavy atom. The summed E-state index contributed by atoms with van der Waals surface area (Å²) >= 11 is 0. The van der Waals surface area contributed by atoms with Crippen molar-refractivity contribution in [1.82, 2.24) is 9.97 Å². The monoisotopic (exact) mass is 415 g/mol. The van der Waals surface area contributed by atoms with Gasteiger partial charge in [0.1, 0.15) is 12.1 Å². The lowest BCUT2D eigenvalue weighted by Crippen LogP contribution is -2.36. The molecule has 2 aromatic carbocycles. The zero-order chi connectivity index (χ0) is 21.5. The van der Waals surface area contributed by atoms with Gasteiger partial charge in [-0.3, -0.25) is 4.79 Å². The van der Waals surface area contributed by atoms with E-state index in [1.165, 1.54) is 11.8 Å². The van der Waals surface area contributed by atoms with Crippen molar-refractivity contribution < 1.29 is 9.53 Å². The number of aromatic nitrogens is 2. The summed E-state index contributed by atoms with van der Waals surface area (Å²) in [5, 5.41) is 6.15. The fraction of sp³-hybridized carbons (Fsp3) is 0.208. The average molecular weight is 415 g/mol. The molecule has 7 heteroatoms. The standard InChI is InChI=1S/C24H25N5O2/c1-2-3-24(30)28-20-6-4-18(5-7-20)22-16-23(26-17-25-22)27-19-8-10-21(11-9-19)29-12-14-31-15-13-29/h2-11,16-17H,12-15H2,1H3,(H,28,30)(H,25,26,27)/b3-2+. The Morgan fingerprint density at radius 1 is 1.00 bits per heavy atom. The van der Waals surface area contributed by atoms with E-state index < -0.39 is 0 Å². The molecule has 3 aromatic rings. The summed E-state index contributed by atoms with van der Waals surface area (Å²) in [5.41, 5.74) is 4.63. The Kier molecular flexibility index (Phi) is 6.54. The predicted molar refractivity (Wildman–Crippen MR) is 124 cm³/mol. The first-order valence-corrected chi connectivity index (χ1v) is 10.3. The molecular weight excluding hydrogens is 390 g/mol. The van der Waals surface area contributed by atoms with E-state index in [1.54, 1.807) is 12.4 Å². The van der Waals surface area contributed by atoms with Crippen LogP contribution < -0.4 is 15.5 Å². The second-order valence-corrected chi connectivity index (χ2v) is 7.13. The first-order valence-electron chi connectivity index (χ1n) is 10.3. The summed E-state index contributed by atoms with van der Waals surface area (Å²) in [6.07, 6.45) is 4.74. The molecule has 2 heterocycles. The fourth-order valence-corrected chi connectivity index (χ4v) is 3.37. The van der Waals surface area contributed by atoms with Crippen LogP contribution in [-0.4, -0.2) is 42.2 Å². The van der Waals surface area contributed by atoms with Crippen molar-refractivity contribution in [2.45, 2.75) is 6.92 Å². The van der Waals surface area contributed by atoms with Crippen molar-refractivity contribution in [3.63, 3.8) is 0 Å². The molecule has 2 N–H and O–H groups in total. The van der Waals surface area contributed by atoms with Crippen LogP contribution in [-0.2, 0) is 9.53 Å². The van der Waals surface area contributed by atoms with Gasteiger partial charge in [-0.15, -0.1) is 0 Å². The summed E-state index contributed by atoms with van der Waals surface area (Å²) in [5.74, 6) is 0.568. The molecular formula is C24H25N5O2. The zero-order valence-corrected chi connectivity index (χ0v) is 17.4. The number of allylic oxidation sites excluding steroid dienone is 1. The first kappa shape index (κ1) is 20.6. The molecule has 0 aliphatic carbocycles. The maximum absolute atomic E-state index is 11.7. The molecule has 1 aliphatic heterocycles. The van der Waals surface area contributed by atoms with Gasteiger partial charge in [-0.2, -0.15) is 0 Å². The summed E-state index contributed by atoms with van der Waals surface area (Å²) in [6.45, 7) is 5.18. The van der Waals surface area contributed by atoms with E-state index in [9.17, 15) is 4.79 Å². The van der Waals surface area contributed by atoms with Crippen molar-refractivity contribution in [1.29, 1.82) is 0 Å². The number of ether oxygens (including phenoxy) is 1. The van der Waals surface area contributed by atoms with Crippen LogP contribution in [0.15, 0.2) is 73.1 Å². The van der Waals surface area contributed by atoms with E-state index in [0.717, 1.165) is 54.8 Å². The minimum Gasteiger partial charge on any atom is -0.378 e. The van der Waals surface area contributed by atoms with Gasteiger partial charge < -0.3 is 20.3 Å². The molecule has 7 nitrogen and oxygen atoms in total. The van der Waals surface area contributed by atoms with E-state index >= 15 is 0 Å². The maximum Gasteiger partial charge on any atom is 0.248 e. The number of benzene rings is 2. The molecule has 0 radical (unpaired) electrons. The van der Waals surface area contributed by atoms with Crippen LogP contribution in [0.3, 0.4) is 0 Å². The highest BCUT2D eigenvalue weighted by molar-refractivity contribution is 5.99. The molecule has 1 saturated heterocycles. The van der Waals surface area contributed by atoms with Crippen LogP contribution in [0.2, 0.25) is 0 Å². The topological polar surface area (TPSA) is 79.4 Å². The van der Waals surface area contributed by atoms with E-state index in [-0.39, 0.29) is 5.91 Å². The number of amides is 1. The second kappa shape index (κ2) is 9.86. The molecule has 1 aliphatic rings. The van der Waals surface area contributed by atoms with Crippen molar-refractivity contribution in [2.24, 2.45) is 0 Å². The minimum atomic E-state index is -0.150. The highest BCUT2D eigenvalue weighted by Gasteiger charge is 2.11. The number of anilines is 4. The number of carbonyl (C=O) groups is 1. The number of nitrogens with zero attached hydrogens (tertiary/aromatic N) is 3. The lowest BCUT2D eigenvalue weighted by atomic mass is 10.1. The maximum atomic E-state index is 11.7. The highest BCUT2D eigenvalue weighted by Crippen LogP contribution is 2.24. The lowest BCUT2D eigenvalue weighted by Gasteiger charge is -2.28. The Labute approximate surface area is 181 Å². The lowest BCUT2D eigenvalue weighted by molar-refractivity contribution is -0.111. The number of hydrogen-bond donors (Lipinski definition) is 2. The molecule has 1 aromatic heterocycles. The Bertz CT molecular complexity index is 1040. The second-order valence-electron chi connectivity index (χ2n) is 7.13. The van der Waals surface area contributed by atoms with Gasteiger partial charge in [0.05, 0.1) is 18.9 Å². The Morgan fingerprint density at radius 3 is 2.42 bits per heavy atom. The summed E-state index contributed by atoms with van der Waals surface area (Å²) in [7, 11) is 0. The third-order valence-electron chi connectivity index (χ3n) is 4.95. The van der Waals surface area contributed by atoms with Gasteiger partial charge in [0, 0.05) is 41.8 Å². The summed E-state index contributed by atoms with van der Waals surface area (Å²) in [4.78, 5) is 22.7. The fourth-order valence-electron chi connectivity index (χ4n) is 3.37. The van der Waals surface area contributed by atoms with Gasteiger partial charge in [0.25, 0.3) is 0 Å². The quantitative estimate of drug-likeness (QED) is 0.587. The normalized spacial score (nSPS) is 13.9. The van der Waals surface area contributed by atoms with E-state index in [1.807, 2.05) is 37.3 Å². The first-order chi connectivity index (χ1) is 15.2. The van der Waals surface area contributed by atoms with Crippen LogP contribution in [0.25, 0.3) is 11.3 Å². The van der Waals surface area contributed by atoms with Gasteiger partial charge in [-0.05, 0) is 49.4 Å². The van der Waals surface area contributed by atoms with Crippen LogP contribution >= 0.6 is 0 Å². The van der Waals surface area contributed by atoms with Crippen molar-refractivity contribution in [2.75, 3.05) is 41.8 Å². The SMILES string of the molecule is C/C=C/C(=O)Nc1ccc(-c2cc(Nc3ccc(N4CCOCC4)cc3)ncn2)cc1.